The van der Waals surface area contributed by atoms with Gasteiger partial charge in [-0.05, 0) is 18.2 Å². The molecule has 0 saturated heterocycles. The summed E-state index contributed by atoms with van der Waals surface area (Å²) in [5.74, 6) is 1.91. The number of rotatable bonds is 5. The zero-order valence-corrected chi connectivity index (χ0v) is 14.1. The van der Waals surface area contributed by atoms with E-state index in [1.807, 2.05) is 24.3 Å². The summed E-state index contributed by atoms with van der Waals surface area (Å²) in [5, 5.41) is 7.29. The smallest absolute Gasteiger partial charge is 0.213 e. The number of amidine groups is 1. The molecule has 1 aliphatic heterocycles. The number of ether oxygens (including phenoxy) is 3. The number of aromatic nitrogens is 1. The summed E-state index contributed by atoms with van der Waals surface area (Å²) in [7, 11) is 1.57. The van der Waals surface area contributed by atoms with Crippen LogP contribution in [0.5, 0.6) is 17.4 Å². The molecule has 120 valence electrons. The average Bonchev–Trinajstić information content (AvgIpc) is 2.54. The Hall–Kier alpha value is -2.12. The lowest BCUT2D eigenvalue weighted by Gasteiger charge is -2.28. The number of nitrogens with zero attached hydrogens (tertiary/aromatic N) is 1. The SMILES string of the molecule is COc1cc2c(cn1)Oc1ccc(Br)cc1C2COCC(=N)N. The Kier molecular flexibility index (Phi) is 4.49. The molecule has 0 radical (unpaired) electrons. The van der Waals surface area contributed by atoms with E-state index < -0.39 is 0 Å². The van der Waals surface area contributed by atoms with Crippen LogP contribution in [0.4, 0.5) is 0 Å². The Bertz CT molecular complexity index is 751. The second kappa shape index (κ2) is 6.55. The Balaban J connectivity index is 2.00. The summed E-state index contributed by atoms with van der Waals surface area (Å²) < 4.78 is 17.7. The van der Waals surface area contributed by atoms with Gasteiger partial charge in [-0.15, -0.1) is 0 Å². The molecule has 0 amide bonds. The third-order valence-corrected chi connectivity index (χ3v) is 4.06. The highest BCUT2D eigenvalue weighted by Gasteiger charge is 2.28. The second-order valence-corrected chi connectivity index (χ2v) is 6.06. The maximum Gasteiger partial charge on any atom is 0.213 e. The number of pyridine rings is 1. The molecule has 0 fully saturated rings. The summed E-state index contributed by atoms with van der Waals surface area (Å²) in [6.07, 6.45) is 1.65. The molecule has 3 N–H and O–H groups in total. The van der Waals surface area contributed by atoms with Gasteiger partial charge in [-0.2, -0.15) is 0 Å². The quantitative estimate of drug-likeness (QED) is 0.617. The van der Waals surface area contributed by atoms with E-state index in [9.17, 15) is 0 Å². The molecule has 0 spiro atoms. The number of fused-ring (bicyclic) bond motifs is 2. The maximum absolute atomic E-state index is 7.29. The monoisotopic (exact) mass is 377 g/mol. The maximum atomic E-state index is 7.29. The van der Waals surface area contributed by atoms with Crippen molar-refractivity contribution in [1.82, 2.24) is 4.98 Å². The molecule has 1 aromatic carbocycles. The molecule has 1 atom stereocenters. The number of methoxy groups -OCH3 is 1. The van der Waals surface area contributed by atoms with E-state index in [1.54, 1.807) is 13.3 Å². The first-order valence-electron chi connectivity index (χ1n) is 7.00. The van der Waals surface area contributed by atoms with Crippen LogP contribution < -0.4 is 15.2 Å². The van der Waals surface area contributed by atoms with Crippen molar-refractivity contribution in [2.24, 2.45) is 5.73 Å². The average molecular weight is 378 g/mol. The molecular weight excluding hydrogens is 362 g/mol. The van der Waals surface area contributed by atoms with E-state index in [1.165, 1.54) is 0 Å². The van der Waals surface area contributed by atoms with Gasteiger partial charge < -0.3 is 19.9 Å². The lowest BCUT2D eigenvalue weighted by atomic mass is 9.89. The van der Waals surface area contributed by atoms with Gasteiger partial charge in [0.05, 0.1) is 19.9 Å². The van der Waals surface area contributed by atoms with Crippen LogP contribution in [0.2, 0.25) is 0 Å². The molecule has 6 nitrogen and oxygen atoms in total. The van der Waals surface area contributed by atoms with E-state index in [0.717, 1.165) is 21.3 Å². The van der Waals surface area contributed by atoms with Crippen molar-refractivity contribution in [3.63, 3.8) is 0 Å². The molecule has 1 aromatic heterocycles. The van der Waals surface area contributed by atoms with Crippen LogP contribution in [0.3, 0.4) is 0 Å². The highest BCUT2D eigenvalue weighted by atomic mass is 79.9. The molecule has 2 aromatic rings. The highest BCUT2D eigenvalue weighted by Crippen LogP contribution is 2.45. The van der Waals surface area contributed by atoms with E-state index in [4.69, 9.17) is 25.4 Å². The third kappa shape index (κ3) is 3.30. The fourth-order valence-electron chi connectivity index (χ4n) is 2.54. The number of nitrogens with one attached hydrogen (secondary N) is 1. The standard InChI is InChI=1S/C16H16BrN3O3/c1-21-16-5-11-12(7-22-8-15(18)19)10-4-9(17)2-3-13(10)23-14(11)6-20-16/h2-6,12H,7-8H2,1H3,(H3,18,19). The first kappa shape index (κ1) is 15.8. The van der Waals surface area contributed by atoms with Crippen LogP contribution in [0, 0.1) is 5.41 Å². The van der Waals surface area contributed by atoms with Crippen LogP contribution in [-0.4, -0.2) is 31.1 Å². The van der Waals surface area contributed by atoms with Crippen molar-refractivity contribution in [2.45, 2.75) is 5.92 Å². The van der Waals surface area contributed by atoms with Gasteiger partial charge in [0.2, 0.25) is 5.88 Å². The molecule has 1 aliphatic rings. The molecule has 2 heterocycles. The lowest BCUT2D eigenvalue weighted by molar-refractivity contribution is 0.159. The van der Waals surface area contributed by atoms with Gasteiger partial charge in [-0.3, -0.25) is 5.41 Å². The van der Waals surface area contributed by atoms with Gasteiger partial charge in [-0.25, -0.2) is 4.98 Å². The van der Waals surface area contributed by atoms with Gasteiger partial charge >= 0.3 is 0 Å². The first-order valence-corrected chi connectivity index (χ1v) is 7.79. The van der Waals surface area contributed by atoms with Crippen molar-refractivity contribution in [1.29, 1.82) is 5.41 Å². The normalized spacial score (nSPS) is 15.3. The van der Waals surface area contributed by atoms with Crippen LogP contribution >= 0.6 is 15.9 Å². The predicted octanol–water partition coefficient (Wildman–Crippen LogP) is 3.04. The summed E-state index contributed by atoms with van der Waals surface area (Å²) in [5.41, 5.74) is 7.30. The second-order valence-electron chi connectivity index (χ2n) is 5.14. The minimum Gasteiger partial charge on any atom is -0.481 e. The van der Waals surface area contributed by atoms with E-state index in [-0.39, 0.29) is 18.4 Å². The molecule has 7 heteroatoms. The number of hydrogen-bond donors (Lipinski definition) is 2. The number of benzene rings is 1. The first-order chi connectivity index (χ1) is 11.1. The molecule has 0 saturated carbocycles. The summed E-state index contributed by atoms with van der Waals surface area (Å²) in [6.45, 7) is 0.477. The predicted molar refractivity (Wildman–Crippen MR) is 89.6 cm³/mol. The highest BCUT2D eigenvalue weighted by molar-refractivity contribution is 9.10. The largest absolute Gasteiger partial charge is 0.481 e. The minimum absolute atomic E-state index is 0.000873. The van der Waals surface area contributed by atoms with Gasteiger partial charge in [0.25, 0.3) is 0 Å². The Morgan fingerprint density at radius 3 is 2.87 bits per heavy atom. The summed E-state index contributed by atoms with van der Waals surface area (Å²) >= 11 is 3.49. The molecular formula is C16H16BrN3O3. The minimum atomic E-state index is -0.0532. The third-order valence-electron chi connectivity index (χ3n) is 3.57. The zero-order chi connectivity index (χ0) is 16.4. The number of hydrogen-bond acceptors (Lipinski definition) is 5. The Labute approximate surface area is 142 Å². The van der Waals surface area contributed by atoms with Crippen LogP contribution in [0.15, 0.2) is 34.9 Å². The van der Waals surface area contributed by atoms with Crippen molar-refractivity contribution >= 4 is 21.8 Å². The Morgan fingerprint density at radius 2 is 2.13 bits per heavy atom. The molecule has 0 aliphatic carbocycles. The van der Waals surface area contributed by atoms with E-state index in [0.29, 0.717) is 18.2 Å². The summed E-state index contributed by atoms with van der Waals surface area (Å²) in [6, 6.07) is 7.69. The molecule has 23 heavy (non-hydrogen) atoms. The van der Waals surface area contributed by atoms with Crippen molar-refractivity contribution in [3.8, 4) is 17.4 Å². The fourth-order valence-corrected chi connectivity index (χ4v) is 2.92. The Morgan fingerprint density at radius 1 is 1.35 bits per heavy atom. The van der Waals surface area contributed by atoms with Crippen molar-refractivity contribution in [3.05, 3.63) is 46.1 Å². The van der Waals surface area contributed by atoms with Crippen LogP contribution in [0.25, 0.3) is 0 Å². The van der Waals surface area contributed by atoms with Gasteiger partial charge in [0.15, 0.2) is 0 Å². The van der Waals surface area contributed by atoms with Crippen LogP contribution in [-0.2, 0) is 4.74 Å². The van der Waals surface area contributed by atoms with Gasteiger partial charge in [0.1, 0.15) is 23.9 Å². The summed E-state index contributed by atoms with van der Waals surface area (Å²) in [4.78, 5) is 4.19. The van der Waals surface area contributed by atoms with Crippen molar-refractivity contribution < 1.29 is 14.2 Å². The van der Waals surface area contributed by atoms with E-state index >= 15 is 0 Å². The van der Waals surface area contributed by atoms with Crippen molar-refractivity contribution in [2.75, 3.05) is 20.3 Å². The fraction of sp³-hybridized carbons (Fsp3) is 0.250. The van der Waals surface area contributed by atoms with Gasteiger partial charge in [-0.1, -0.05) is 15.9 Å². The number of halogens is 1. The van der Waals surface area contributed by atoms with Gasteiger partial charge in [0, 0.05) is 27.6 Å². The zero-order valence-electron chi connectivity index (χ0n) is 12.5. The van der Waals surface area contributed by atoms with E-state index in [2.05, 4.69) is 20.9 Å². The molecule has 0 bridgehead atoms. The lowest BCUT2D eigenvalue weighted by Crippen LogP contribution is -2.21. The molecule has 3 rings (SSSR count). The molecule has 1 unspecified atom stereocenters. The van der Waals surface area contributed by atoms with Crippen LogP contribution in [0.1, 0.15) is 17.0 Å². The topological polar surface area (TPSA) is 90.5 Å². The number of nitrogens with two attached hydrogens (primary N) is 1.